The smallest absolute Gasteiger partial charge is 0.250 e. The minimum atomic E-state index is -0.856. The lowest BCUT2D eigenvalue weighted by atomic mass is 10.1. The van der Waals surface area contributed by atoms with Crippen LogP contribution < -0.4 is 10.2 Å². The molecule has 8 heteroatoms. The Hall–Kier alpha value is -2.87. The Morgan fingerprint density at radius 3 is 2.59 bits per heavy atom. The van der Waals surface area contributed by atoms with Gasteiger partial charge in [0.05, 0.1) is 5.69 Å². The number of carbonyl (C=O) groups excluding carboxylic acids is 3. The number of anilines is 2. The van der Waals surface area contributed by atoms with Gasteiger partial charge in [-0.2, -0.15) is 0 Å². The van der Waals surface area contributed by atoms with Gasteiger partial charge in [-0.15, -0.1) is 11.8 Å². The third-order valence-electron chi connectivity index (χ3n) is 5.02. The van der Waals surface area contributed by atoms with E-state index >= 15 is 0 Å². The fourth-order valence-electron chi connectivity index (χ4n) is 3.58. The van der Waals surface area contributed by atoms with Gasteiger partial charge in [-0.3, -0.25) is 14.4 Å². The largest absolute Gasteiger partial charge is 0.341 e. The highest BCUT2D eigenvalue weighted by molar-refractivity contribution is 8.01. The Bertz CT molecular complexity index is 915. The zero-order valence-corrected chi connectivity index (χ0v) is 16.7. The van der Waals surface area contributed by atoms with Crippen molar-refractivity contribution < 1.29 is 14.4 Å². The van der Waals surface area contributed by atoms with E-state index < -0.39 is 5.25 Å². The highest BCUT2D eigenvalue weighted by Crippen LogP contribution is 2.39. The lowest BCUT2D eigenvalue weighted by Gasteiger charge is -2.36. The van der Waals surface area contributed by atoms with Crippen molar-refractivity contribution >= 4 is 41.0 Å². The van der Waals surface area contributed by atoms with Crippen molar-refractivity contribution in [2.24, 2.45) is 0 Å². The summed E-state index contributed by atoms with van der Waals surface area (Å²) in [5.41, 5.74) is 0.654. The normalized spacial score (nSPS) is 18.9. The number of rotatable bonds is 4. The highest BCUT2D eigenvalue weighted by Gasteiger charge is 2.40. The lowest BCUT2D eigenvalue weighted by Crippen LogP contribution is -2.52. The number of aromatic nitrogens is 1. The van der Waals surface area contributed by atoms with E-state index in [0.29, 0.717) is 24.6 Å². The van der Waals surface area contributed by atoms with Gasteiger partial charge in [-0.25, -0.2) is 4.98 Å². The molecule has 29 heavy (non-hydrogen) atoms. The second kappa shape index (κ2) is 8.65. The first-order valence-corrected chi connectivity index (χ1v) is 10.6. The molecule has 0 bridgehead atoms. The van der Waals surface area contributed by atoms with E-state index in [1.165, 1.54) is 16.7 Å². The SMILES string of the molecule is O=C(CN1C(=O)C(C(=O)N2CCCCC2)Sc2ccccc21)Nc1ccccn1. The zero-order valence-electron chi connectivity index (χ0n) is 15.9. The fraction of sp³-hybridized carbons (Fsp3) is 0.333. The number of pyridine rings is 1. The Morgan fingerprint density at radius 2 is 1.83 bits per heavy atom. The molecule has 1 fully saturated rings. The van der Waals surface area contributed by atoms with Gasteiger partial charge in [-0.05, 0) is 43.5 Å². The molecular formula is C21H22N4O3S. The third kappa shape index (κ3) is 4.27. The molecule has 150 valence electrons. The lowest BCUT2D eigenvalue weighted by molar-refractivity contribution is -0.135. The number of hydrogen-bond acceptors (Lipinski definition) is 5. The minimum absolute atomic E-state index is 0.163. The molecule has 0 saturated carbocycles. The molecular weight excluding hydrogens is 388 g/mol. The van der Waals surface area contributed by atoms with Crippen molar-refractivity contribution in [1.29, 1.82) is 0 Å². The number of benzene rings is 1. The molecule has 0 aliphatic carbocycles. The first kappa shape index (κ1) is 19.4. The fourth-order valence-corrected chi connectivity index (χ4v) is 4.77. The van der Waals surface area contributed by atoms with Crippen molar-refractivity contribution in [2.75, 3.05) is 29.9 Å². The van der Waals surface area contributed by atoms with Crippen LogP contribution in [-0.2, 0) is 14.4 Å². The molecule has 0 radical (unpaired) electrons. The van der Waals surface area contributed by atoms with E-state index in [-0.39, 0.29) is 24.3 Å². The van der Waals surface area contributed by atoms with Crippen LogP contribution in [0.3, 0.4) is 0 Å². The second-order valence-corrected chi connectivity index (χ2v) is 8.19. The zero-order chi connectivity index (χ0) is 20.2. The maximum absolute atomic E-state index is 13.2. The van der Waals surface area contributed by atoms with Crippen LogP contribution in [0, 0.1) is 0 Å². The summed E-state index contributed by atoms with van der Waals surface area (Å²) in [4.78, 5) is 46.9. The predicted molar refractivity (Wildman–Crippen MR) is 112 cm³/mol. The van der Waals surface area contributed by atoms with Crippen LogP contribution in [0.1, 0.15) is 19.3 Å². The van der Waals surface area contributed by atoms with Crippen molar-refractivity contribution in [3.8, 4) is 0 Å². The number of fused-ring (bicyclic) bond motifs is 1. The Balaban J connectivity index is 1.55. The molecule has 1 N–H and O–H groups in total. The maximum Gasteiger partial charge on any atom is 0.250 e. The second-order valence-electron chi connectivity index (χ2n) is 7.04. The molecule has 4 rings (SSSR count). The van der Waals surface area contributed by atoms with Gasteiger partial charge in [0, 0.05) is 24.2 Å². The summed E-state index contributed by atoms with van der Waals surface area (Å²) in [5.74, 6) is -0.446. The first-order valence-electron chi connectivity index (χ1n) is 9.70. The number of hydrogen-bond donors (Lipinski definition) is 1. The van der Waals surface area contributed by atoms with Crippen molar-refractivity contribution in [2.45, 2.75) is 29.4 Å². The van der Waals surface area contributed by atoms with Gasteiger partial charge >= 0.3 is 0 Å². The van der Waals surface area contributed by atoms with Crippen LogP contribution in [0.2, 0.25) is 0 Å². The molecule has 2 aromatic rings. The molecule has 3 heterocycles. The van der Waals surface area contributed by atoms with Gasteiger partial charge in [-0.1, -0.05) is 18.2 Å². The number of nitrogens with zero attached hydrogens (tertiary/aromatic N) is 3. The molecule has 2 aliphatic rings. The summed E-state index contributed by atoms with van der Waals surface area (Å²) >= 11 is 1.28. The molecule has 3 amide bonds. The monoisotopic (exact) mass is 410 g/mol. The molecule has 0 spiro atoms. The number of amides is 3. The van der Waals surface area contributed by atoms with Gasteiger partial charge in [0.1, 0.15) is 12.4 Å². The van der Waals surface area contributed by atoms with Gasteiger partial charge in [0.25, 0.3) is 5.91 Å². The van der Waals surface area contributed by atoms with E-state index in [1.54, 1.807) is 35.4 Å². The van der Waals surface area contributed by atoms with Crippen LogP contribution >= 0.6 is 11.8 Å². The molecule has 1 aromatic carbocycles. The molecule has 1 saturated heterocycles. The van der Waals surface area contributed by atoms with Gasteiger partial charge in [0.15, 0.2) is 5.25 Å². The summed E-state index contributed by atoms with van der Waals surface area (Å²) in [6, 6.07) is 12.6. The van der Waals surface area contributed by atoms with Gasteiger partial charge < -0.3 is 15.1 Å². The molecule has 7 nitrogen and oxygen atoms in total. The number of nitrogens with one attached hydrogen (secondary N) is 1. The summed E-state index contributed by atoms with van der Waals surface area (Å²) in [6.07, 6.45) is 4.62. The summed E-state index contributed by atoms with van der Waals surface area (Å²) in [7, 11) is 0. The quantitative estimate of drug-likeness (QED) is 0.784. The van der Waals surface area contributed by atoms with E-state index in [4.69, 9.17) is 0 Å². The molecule has 2 aliphatic heterocycles. The summed E-state index contributed by atoms with van der Waals surface area (Å²) in [5, 5.41) is 1.85. The highest BCUT2D eigenvalue weighted by atomic mass is 32.2. The van der Waals surface area contributed by atoms with Crippen molar-refractivity contribution in [3.05, 3.63) is 48.7 Å². The molecule has 1 unspecified atom stereocenters. The first-order chi connectivity index (χ1) is 14.1. The maximum atomic E-state index is 13.2. The van der Waals surface area contributed by atoms with Crippen molar-refractivity contribution in [3.63, 3.8) is 0 Å². The van der Waals surface area contributed by atoms with Gasteiger partial charge in [0.2, 0.25) is 11.8 Å². The predicted octanol–water partition coefficient (Wildman–Crippen LogP) is 2.54. The topological polar surface area (TPSA) is 82.6 Å². The van der Waals surface area contributed by atoms with E-state index in [9.17, 15) is 14.4 Å². The third-order valence-corrected chi connectivity index (χ3v) is 6.26. The van der Waals surface area contributed by atoms with Crippen LogP contribution in [-0.4, -0.2) is 52.5 Å². The van der Waals surface area contributed by atoms with Crippen LogP contribution in [0.15, 0.2) is 53.6 Å². The number of thioether (sulfide) groups is 1. The summed E-state index contributed by atoms with van der Waals surface area (Å²) < 4.78 is 0. The van der Waals surface area contributed by atoms with Crippen molar-refractivity contribution in [1.82, 2.24) is 9.88 Å². The molecule has 1 aromatic heterocycles. The Labute approximate surface area is 173 Å². The van der Waals surface area contributed by atoms with Crippen LogP contribution in [0.5, 0.6) is 0 Å². The summed E-state index contributed by atoms with van der Waals surface area (Å²) in [6.45, 7) is 1.20. The average Bonchev–Trinajstić information content (AvgIpc) is 2.76. The van der Waals surface area contributed by atoms with Crippen LogP contribution in [0.25, 0.3) is 0 Å². The Kier molecular flexibility index (Phi) is 5.80. The molecule has 1 atom stereocenters. The number of carbonyl (C=O) groups is 3. The van der Waals surface area contributed by atoms with Crippen LogP contribution in [0.4, 0.5) is 11.5 Å². The number of likely N-dealkylation sites (tertiary alicyclic amines) is 1. The minimum Gasteiger partial charge on any atom is -0.341 e. The van der Waals surface area contributed by atoms with E-state index in [2.05, 4.69) is 10.3 Å². The number of para-hydroxylation sites is 1. The Morgan fingerprint density at radius 1 is 1.07 bits per heavy atom. The number of piperidine rings is 1. The standard InChI is InChI=1S/C21H22N4O3S/c26-18(23-17-10-4-5-11-22-17)14-25-15-8-2-3-9-16(15)29-19(21(25)28)20(27)24-12-6-1-7-13-24/h2-5,8-11,19H,1,6-7,12-14H2,(H,22,23,26). The van der Waals surface area contributed by atoms with E-state index in [1.807, 2.05) is 18.2 Å². The average molecular weight is 410 g/mol. The van der Waals surface area contributed by atoms with E-state index in [0.717, 1.165) is 24.2 Å².